The van der Waals surface area contributed by atoms with Gasteiger partial charge in [-0.25, -0.2) is 12.7 Å². The number of hydrogen-bond donors (Lipinski definition) is 1. The van der Waals surface area contributed by atoms with Crippen molar-refractivity contribution in [3.63, 3.8) is 0 Å². The SMILES string of the molecule is CCN(C)S(=O)(=O)c1ccc2c(c1)CCN2. The summed E-state index contributed by atoms with van der Waals surface area (Å²) in [5, 5.41) is 3.21. The van der Waals surface area contributed by atoms with Crippen molar-refractivity contribution in [3.8, 4) is 0 Å². The molecule has 0 amide bonds. The van der Waals surface area contributed by atoms with Crippen LogP contribution in [0.3, 0.4) is 0 Å². The maximum atomic E-state index is 12.1. The van der Waals surface area contributed by atoms with Gasteiger partial charge >= 0.3 is 0 Å². The van der Waals surface area contributed by atoms with E-state index in [1.54, 1.807) is 19.2 Å². The van der Waals surface area contributed by atoms with Crippen molar-refractivity contribution in [2.45, 2.75) is 18.2 Å². The van der Waals surface area contributed by atoms with Gasteiger partial charge in [-0.1, -0.05) is 6.92 Å². The van der Waals surface area contributed by atoms with E-state index in [4.69, 9.17) is 0 Å². The van der Waals surface area contributed by atoms with Crippen LogP contribution in [0.5, 0.6) is 0 Å². The van der Waals surface area contributed by atoms with Crippen LogP contribution in [-0.4, -0.2) is 32.9 Å². The number of nitrogens with zero attached hydrogens (tertiary/aromatic N) is 1. The lowest BCUT2D eigenvalue weighted by molar-refractivity contribution is 0.486. The summed E-state index contributed by atoms with van der Waals surface area (Å²) in [4.78, 5) is 0.388. The second-order valence-electron chi connectivity index (χ2n) is 3.91. The molecule has 4 nitrogen and oxygen atoms in total. The van der Waals surface area contributed by atoms with Crippen LogP contribution in [0.15, 0.2) is 23.1 Å². The summed E-state index contributed by atoms with van der Waals surface area (Å²) in [6.07, 6.45) is 0.897. The van der Waals surface area contributed by atoms with Gasteiger partial charge in [-0.3, -0.25) is 0 Å². The average molecular weight is 240 g/mol. The standard InChI is InChI=1S/C11H16N2O2S/c1-3-13(2)16(14,15)10-4-5-11-9(8-10)6-7-12-11/h4-5,8,12H,3,6-7H2,1-2H3. The summed E-state index contributed by atoms with van der Waals surface area (Å²) in [5.41, 5.74) is 2.14. The van der Waals surface area contributed by atoms with Crippen molar-refractivity contribution >= 4 is 15.7 Å². The minimum Gasteiger partial charge on any atom is -0.384 e. The van der Waals surface area contributed by atoms with Crippen molar-refractivity contribution in [1.29, 1.82) is 0 Å². The van der Waals surface area contributed by atoms with Gasteiger partial charge in [0, 0.05) is 25.8 Å². The van der Waals surface area contributed by atoms with Crippen LogP contribution >= 0.6 is 0 Å². The number of sulfonamides is 1. The summed E-state index contributed by atoms with van der Waals surface area (Å²) in [6, 6.07) is 5.29. The molecule has 0 spiro atoms. The molecule has 1 aromatic carbocycles. The normalized spacial score (nSPS) is 14.9. The molecule has 1 heterocycles. The van der Waals surface area contributed by atoms with Gasteiger partial charge in [0.25, 0.3) is 0 Å². The highest BCUT2D eigenvalue weighted by Gasteiger charge is 2.21. The lowest BCUT2D eigenvalue weighted by Crippen LogP contribution is -2.26. The summed E-state index contributed by atoms with van der Waals surface area (Å²) >= 11 is 0. The first-order valence-corrected chi connectivity index (χ1v) is 6.83. The van der Waals surface area contributed by atoms with Crippen LogP contribution in [0.2, 0.25) is 0 Å². The lowest BCUT2D eigenvalue weighted by Gasteiger charge is -2.15. The average Bonchev–Trinajstić information content (AvgIpc) is 2.74. The highest BCUT2D eigenvalue weighted by Crippen LogP contribution is 2.26. The second kappa shape index (κ2) is 4.07. The summed E-state index contributed by atoms with van der Waals surface area (Å²) in [5.74, 6) is 0. The van der Waals surface area contributed by atoms with Gasteiger partial charge in [0.15, 0.2) is 0 Å². The van der Waals surface area contributed by atoms with E-state index < -0.39 is 10.0 Å². The Bertz CT molecular complexity index is 497. The van der Waals surface area contributed by atoms with E-state index in [0.717, 1.165) is 24.2 Å². The van der Waals surface area contributed by atoms with Crippen molar-refractivity contribution in [1.82, 2.24) is 4.31 Å². The zero-order valence-electron chi connectivity index (χ0n) is 9.53. The van der Waals surface area contributed by atoms with Crippen molar-refractivity contribution in [3.05, 3.63) is 23.8 Å². The number of nitrogens with one attached hydrogen (secondary N) is 1. The molecular formula is C11H16N2O2S. The van der Waals surface area contributed by atoms with Crippen LogP contribution in [-0.2, 0) is 16.4 Å². The monoisotopic (exact) mass is 240 g/mol. The Morgan fingerprint density at radius 3 is 2.88 bits per heavy atom. The van der Waals surface area contributed by atoms with E-state index in [2.05, 4.69) is 5.32 Å². The molecule has 1 aromatic rings. The second-order valence-corrected chi connectivity index (χ2v) is 5.96. The first kappa shape index (κ1) is 11.4. The quantitative estimate of drug-likeness (QED) is 0.866. The number of anilines is 1. The highest BCUT2D eigenvalue weighted by molar-refractivity contribution is 7.89. The molecule has 0 bridgehead atoms. The fourth-order valence-electron chi connectivity index (χ4n) is 1.79. The van der Waals surface area contributed by atoms with Gasteiger partial charge in [-0.05, 0) is 30.2 Å². The number of benzene rings is 1. The Morgan fingerprint density at radius 2 is 2.19 bits per heavy atom. The molecule has 16 heavy (non-hydrogen) atoms. The number of fused-ring (bicyclic) bond motifs is 1. The largest absolute Gasteiger partial charge is 0.384 e. The third kappa shape index (κ3) is 1.81. The van der Waals surface area contributed by atoms with E-state index in [-0.39, 0.29) is 0 Å². The molecule has 0 aliphatic carbocycles. The molecule has 88 valence electrons. The molecule has 0 saturated carbocycles. The van der Waals surface area contributed by atoms with Gasteiger partial charge < -0.3 is 5.32 Å². The maximum absolute atomic E-state index is 12.1. The third-order valence-electron chi connectivity index (χ3n) is 2.94. The third-order valence-corrected chi connectivity index (χ3v) is 4.87. The van der Waals surface area contributed by atoms with Crippen molar-refractivity contribution in [2.75, 3.05) is 25.5 Å². The zero-order chi connectivity index (χ0) is 11.8. The predicted octanol–water partition coefficient (Wildman–Crippen LogP) is 1.30. The molecule has 0 unspecified atom stereocenters. The molecule has 2 rings (SSSR count). The topological polar surface area (TPSA) is 49.4 Å². The predicted molar refractivity (Wildman–Crippen MR) is 64.1 cm³/mol. The molecule has 1 aliphatic heterocycles. The van der Waals surface area contributed by atoms with Crippen LogP contribution < -0.4 is 5.32 Å². The maximum Gasteiger partial charge on any atom is 0.242 e. The van der Waals surface area contributed by atoms with E-state index in [1.807, 2.05) is 13.0 Å². The van der Waals surface area contributed by atoms with Crippen molar-refractivity contribution < 1.29 is 8.42 Å². The van der Waals surface area contributed by atoms with Gasteiger partial charge in [0.1, 0.15) is 0 Å². The Kier molecular flexibility index (Phi) is 2.90. The molecule has 5 heteroatoms. The number of hydrogen-bond acceptors (Lipinski definition) is 3. The van der Waals surface area contributed by atoms with E-state index >= 15 is 0 Å². The Labute approximate surface area is 96.3 Å². The molecule has 0 atom stereocenters. The van der Waals surface area contributed by atoms with Crippen LogP contribution in [0, 0.1) is 0 Å². The summed E-state index contributed by atoms with van der Waals surface area (Å²) in [7, 11) is -1.71. The van der Waals surface area contributed by atoms with Crippen LogP contribution in [0.1, 0.15) is 12.5 Å². The molecule has 0 saturated heterocycles. The van der Waals surface area contributed by atoms with Gasteiger partial charge in [-0.15, -0.1) is 0 Å². The first-order chi connectivity index (χ1) is 7.55. The fourth-order valence-corrected chi connectivity index (χ4v) is 3.02. The summed E-state index contributed by atoms with van der Waals surface area (Å²) in [6.45, 7) is 3.20. The zero-order valence-corrected chi connectivity index (χ0v) is 10.3. The molecule has 0 fully saturated rings. The smallest absolute Gasteiger partial charge is 0.242 e. The molecule has 0 aromatic heterocycles. The van der Waals surface area contributed by atoms with E-state index in [1.165, 1.54) is 4.31 Å². The van der Waals surface area contributed by atoms with E-state index in [0.29, 0.717) is 11.4 Å². The molecule has 1 aliphatic rings. The van der Waals surface area contributed by atoms with Crippen molar-refractivity contribution in [2.24, 2.45) is 0 Å². The van der Waals surface area contributed by atoms with Gasteiger partial charge in [0.05, 0.1) is 4.90 Å². The van der Waals surface area contributed by atoms with Gasteiger partial charge in [-0.2, -0.15) is 0 Å². The minimum atomic E-state index is -3.31. The minimum absolute atomic E-state index is 0.388. The van der Waals surface area contributed by atoms with E-state index in [9.17, 15) is 8.42 Å². The molecule has 0 radical (unpaired) electrons. The van der Waals surface area contributed by atoms with Crippen LogP contribution in [0.25, 0.3) is 0 Å². The Balaban J connectivity index is 2.42. The first-order valence-electron chi connectivity index (χ1n) is 5.39. The highest BCUT2D eigenvalue weighted by atomic mass is 32.2. The Morgan fingerprint density at radius 1 is 1.44 bits per heavy atom. The fraction of sp³-hybridized carbons (Fsp3) is 0.455. The van der Waals surface area contributed by atoms with Gasteiger partial charge in [0.2, 0.25) is 10.0 Å². The number of rotatable bonds is 3. The molecular weight excluding hydrogens is 224 g/mol. The Hall–Kier alpha value is -1.07. The lowest BCUT2D eigenvalue weighted by atomic mass is 10.2. The van der Waals surface area contributed by atoms with Crippen LogP contribution in [0.4, 0.5) is 5.69 Å². The summed E-state index contributed by atoms with van der Waals surface area (Å²) < 4.78 is 25.5. The molecule has 1 N–H and O–H groups in total.